The molecule has 0 aromatic carbocycles. The monoisotopic (exact) mass is 217 g/mol. The molecule has 0 aromatic heterocycles. The summed E-state index contributed by atoms with van der Waals surface area (Å²) in [4.78, 5) is 21.4. The summed E-state index contributed by atoms with van der Waals surface area (Å²) in [5.41, 5.74) is 5.55. The lowest BCUT2D eigenvalue weighted by Crippen LogP contribution is -2.37. The minimum Gasteiger partial charge on any atom is -0.481 e. The first-order valence-electron chi connectivity index (χ1n) is 5.09. The molecule has 0 fully saturated rings. The molecule has 0 aromatic rings. The third kappa shape index (κ3) is 6.90. The molecule has 15 heavy (non-hydrogen) atoms. The van der Waals surface area contributed by atoms with E-state index in [4.69, 9.17) is 15.6 Å². The highest BCUT2D eigenvalue weighted by molar-refractivity contribution is 5.75. The van der Waals surface area contributed by atoms with E-state index in [2.05, 4.69) is 0 Å². The van der Waals surface area contributed by atoms with Crippen LogP contribution in [0.2, 0.25) is 0 Å². The van der Waals surface area contributed by atoms with E-state index in [0.29, 0.717) is 12.8 Å². The average molecular weight is 217 g/mol. The van der Waals surface area contributed by atoms with Crippen molar-refractivity contribution in [1.82, 2.24) is 0 Å². The molecule has 1 atom stereocenters. The predicted molar refractivity (Wildman–Crippen MR) is 55.3 cm³/mol. The van der Waals surface area contributed by atoms with Gasteiger partial charge in [0.1, 0.15) is 6.04 Å². The van der Waals surface area contributed by atoms with Gasteiger partial charge in [0.15, 0.2) is 0 Å². The topological polar surface area (TPSA) is 89.6 Å². The summed E-state index contributed by atoms with van der Waals surface area (Å²) in [6.45, 7) is 3.93. The van der Waals surface area contributed by atoms with Gasteiger partial charge in [-0.3, -0.25) is 9.59 Å². The molecule has 0 unspecified atom stereocenters. The first-order valence-corrected chi connectivity index (χ1v) is 5.09. The number of carboxylic acid groups (broad SMARTS) is 1. The number of carbonyl (C=O) groups is 2. The Morgan fingerprint density at radius 3 is 2.40 bits per heavy atom. The lowest BCUT2D eigenvalue weighted by molar-refractivity contribution is -0.146. The van der Waals surface area contributed by atoms with Gasteiger partial charge in [0.25, 0.3) is 0 Å². The maximum absolute atomic E-state index is 11.2. The highest BCUT2D eigenvalue weighted by atomic mass is 16.5. The van der Waals surface area contributed by atoms with Gasteiger partial charge in [-0.15, -0.1) is 0 Å². The summed E-state index contributed by atoms with van der Waals surface area (Å²) in [6, 6.07) is -0.593. The molecule has 3 N–H and O–H groups in total. The lowest BCUT2D eigenvalue weighted by atomic mass is 10.1. The molecule has 0 bridgehead atoms. The van der Waals surface area contributed by atoms with Gasteiger partial charge in [0.05, 0.1) is 6.61 Å². The van der Waals surface area contributed by atoms with Gasteiger partial charge >= 0.3 is 11.9 Å². The molecule has 0 saturated heterocycles. The van der Waals surface area contributed by atoms with Crippen LogP contribution in [0.3, 0.4) is 0 Å². The van der Waals surface area contributed by atoms with E-state index < -0.39 is 18.0 Å². The van der Waals surface area contributed by atoms with Crippen LogP contribution in [0, 0.1) is 5.92 Å². The van der Waals surface area contributed by atoms with Gasteiger partial charge in [-0.25, -0.2) is 0 Å². The lowest BCUT2D eigenvalue weighted by Gasteiger charge is -2.14. The summed E-state index contributed by atoms with van der Waals surface area (Å²) < 4.78 is 4.89. The third-order valence-corrected chi connectivity index (χ3v) is 2.02. The minimum atomic E-state index is -0.833. The Morgan fingerprint density at radius 1 is 1.33 bits per heavy atom. The molecular weight excluding hydrogens is 198 g/mol. The average Bonchev–Trinajstić information content (AvgIpc) is 2.15. The fourth-order valence-electron chi connectivity index (χ4n) is 0.919. The highest BCUT2D eigenvalue weighted by Gasteiger charge is 2.18. The van der Waals surface area contributed by atoms with E-state index in [0.717, 1.165) is 0 Å². The van der Waals surface area contributed by atoms with Crippen molar-refractivity contribution >= 4 is 11.9 Å². The number of carboxylic acids is 1. The second-order valence-corrected chi connectivity index (χ2v) is 3.79. The number of rotatable bonds is 7. The molecule has 0 heterocycles. The summed E-state index contributed by atoms with van der Waals surface area (Å²) in [7, 11) is 0. The largest absolute Gasteiger partial charge is 0.481 e. The van der Waals surface area contributed by atoms with Crippen molar-refractivity contribution in [1.29, 1.82) is 0 Å². The number of nitrogens with two attached hydrogens (primary N) is 1. The van der Waals surface area contributed by atoms with Crippen LogP contribution in [-0.2, 0) is 14.3 Å². The number of carbonyl (C=O) groups excluding carboxylic acids is 1. The van der Waals surface area contributed by atoms with E-state index in [1.165, 1.54) is 0 Å². The molecular formula is C10H19NO4. The van der Waals surface area contributed by atoms with Crippen LogP contribution >= 0.6 is 0 Å². The maximum atomic E-state index is 11.2. The Balaban J connectivity index is 3.51. The van der Waals surface area contributed by atoms with Crippen LogP contribution in [0.15, 0.2) is 0 Å². The number of aliphatic carboxylic acids is 1. The molecule has 0 rings (SSSR count). The molecule has 0 saturated carbocycles. The zero-order valence-corrected chi connectivity index (χ0v) is 9.23. The van der Waals surface area contributed by atoms with Crippen LogP contribution < -0.4 is 5.73 Å². The van der Waals surface area contributed by atoms with Gasteiger partial charge in [-0.05, 0) is 18.8 Å². The Morgan fingerprint density at radius 2 is 1.93 bits per heavy atom. The number of hydrogen-bond donors (Lipinski definition) is 2. The molecule has 0 radical (unpaired) electrons. The zero-order valence-electron chi connectivity index (χ0n) is 9.23. The first kappa shape index (κ1) is 13.9. The molecule has 88 valence electrons. The fourth-order valence-corrected chi connectivity index (χ4v) is 0.919. The summed E-state index contributed by atoms with van der Waals surface area (Å²) in [5, 5.41) is 8.36. The van der Waals surface area contributed by atoms with Crippen LogP contribution in [-0.4, -0.2) is 29.7 Å². The van der Waals surface area contributed by atoms with Crippen LogP contribution in [0.1, 0.15) is 33.1 Å². The Bertz CT molecular complexity index is 215. The molecule has 0 spiro atoms. The van der Waals surface area contributed by atoms with Gasteiger partial charge in [-0.2, -0.15) is 0 Å². The predicted octanol–water partition coefficient (Wildman–Crippen LogP) is 0.768. The van der Waals surface area contributed by atoms with Crippen LogP contribution in [0.25, 0.3) is 0 Å². The normalized spacial score (nSPS) is 12.5. The van der Waals surface area contributed by atoms with E-state index in [1.54, 1.807) is 0 Å². The quantitative estimate of drug-likeness (QED) is 0.485. The van der Waals surface area contributed by atoms with Gasteiger partial charge in [0, 0.05) is 6.42 Å². The van der Waals surface area contributed by atoms with Crippen molar-refractivity contribution in [2.24, 2.45) is 11.7 Å². The minimum absolute atomic E-state index is 0.0523. The van der Waals surface area contributed by atoms with Crippen molar-refractivity contribution in [3.05, 3.63) is 0 Å². The van der Waals surface area contributed by atoms with Crippen molar-refractivity contribution in [3.63, 3.8) is 0 Å². The van der Waals surface area contributed by atoms with Gasteiger partial charge in [0.2, 0.25) is 0 Å². The molecule has 0 aliphatic heterocycles. The summed E-state index contributed by atoms with van der Waals surface area (Å²) in [6.07, 6.45) is 1.18. The second kappa shape index (κ2) is 7.23. The van der Waals surface area contributed by atoms with E-state index >= 15 is 0 Å². The van der Waals surface area contributed by atoms with Gasteiger partial charge in [-0.1, -0.05) is 13.8 Å². The number of unbranched alkanes of at least 4 members (excludes halogenated alkanes) is 1. The molecule has 0 amide bonds. The molecule has 0 aliphatic rings. The number of esters is 1. The highest BCUT2D eigenvalue weighted by Crippen LogP contribution is 2.02. The Labute approximate surface area is 89.6 Å². The smallest absolute Gasteiger partial charge is 0.323 e. The third-order valence-electron chi connectivity index (χ3n) is 2.02. The number of hydrogen-bond acceptors (Lipinski definition) is 4. The van der Waals surface area contributed by atoms with E-state index in [9.17, 15) is 9.59 Å². The van der Waals surface area contributed by atoms with Crippen molar-refractivity contribution in [2.45, 2.75) is 39.2 Å². The van der Waals surface area contributed by atoms with Crippen molar-refractivity contribution < 1.29 is 19.4 Å². The SMILES string of the molecule is CC(C)[C@H](N)C(=O)OCCCCC(=O)O. The second-order valence-electron chi connectivity index (χ2n) is 3.79. The molecule has 5 nitrogen and oxygen atoms in total. The Kier molecular flexibility index (Phi) is 6.70. The Hall–Kier alpha value is -1.10. The van der Waals surface area contributed by atoms with E-state index in [1.807, 2.05) is 13.8 Å². The number of ether oxygens (including phenoxy) is 1. The van der Waals surface area contributed by atoms with Crippen molar-refractivity contribution in [2.75, 3.05) is 6.61 Å². The van der Waals surface area contributed by atoms with E-state index in [-0.39, 0.29) is 18.9 Å². The summed E-state index contributed by atoms with van der Waals surface area (Å²) in [5.74, 6) is -1.20. The van der Waals surface area contributed by atoms with Crippen LogP contribution in [0.5, 0.6) is 0 Å². The zero-order chi connectivity index (χ0) is 11.8. The first-order chi connectivity index (χ1) is 6.95. The van der Waals surface area contributed by atoms with Crippen molar-refractivity contribution in [3.8, 4) is 0 Å². The fraction of sp³-hybridized carbons (Fsp3) is 0.800. The summed E-state index contributed by atoms with van der Waals surface area (Å²) >= 11 is 0. The molecule has 0 aliphatic carbocycles. The van der Waals surface area contributed by atoms with Gasteiger partial charge < -0.3 is 15.6 Å². The van der Waals surface area contributed by atoms with Crippen LogP contribution in [0.4, 0.5) is 0 Å². The standard InChI is InChI=1S/C10H19NO4/c1-7(2)9(11)10(14)15-6-4-3-5-8(12)13/h7,9H,3-6,11H2,1-2H3,(H,12,13)/t9-/m0/s1. The maximum Gasteiger partial charge on any atom is 0.323 e. The molecule has 5 heteroatoms.